The van der Waals surface area contributed by atoms with Gasteiger partial charge in [0.1, 0.15) is 65.6 Å². The number of aryl methyl sites for hydroxylation is 3. The second-order valence-electron chi connectivity index (χ2n) is 16.9. The summed E-state index contributed by atoms with van der Waals surface area (Å²) in [5.74, 6) is 0.715. The number of phenols is 1. The number of ether oxygens (including phenoxy) is 6. The lowest BCUT2D eigenvalue weighted by Gasteiger charge is -2.21. The Morgan fingerprint density at radius 1 is 0.865 bits per heavy atom. The lowest BCUT2D eigenvalue weighted by Crippen LogP contribution is -2.32. The minimum atomic E-state index is -4.14. The molecule has 18 heteroatoms. The SMILES string of the molecule is C=CCOC[C@H](COS(=O)(=O)c1ccc(C)cc1)Oc1cc(C)c(-c2c(-c3ccc(F)cc3)oc3ncnc(O[C@H](Cc4cc(O)ccc4OCc4ccnc(-c5ccccc5OC)n4)C(=O)OCC)c23)c(C)c1. The van der Waals surface area contributed by atoms with E-state index in [0.717, 1.165) is 5.56 Å². The molecule has 0 aliphatic carbocycles. The molecule has 1 N–H and O–H groups in total. The number of phenolic OH excluding ortho intramolecular Hbond substituents is 1. The zero-order valence-electron chi connectivity index (χ0n) is 41.2. The molecule has 3 heterocycles. The third kappa shape index (κ3) is 12.3. The van der Waals surface area contributed by atoms with E-state index in [2.05, 4.69) is 21.5 Å². The number of esters is 1. The van der Waals surface area contributed by atoms with Gasteiger partial charge in [-0.25, -0.2) is 29.1 Å². The third-order valence-electron chi connectivity index (χ3n) is 11.6. The van der Waals surface area contributed by atoms with Crippen LogP contribution in [0.5, 0.6) is 28.9 Å². The summed E-state index contributed by atoms with van der Waals surface area (Å²) in [4.78, 5) is 32.1. The second kappa shape index (κ2) is 23.6. The molecule has 3 aromatic heterocycles. The van der Waals surface area contributed by atoms with E-state index in [9.17, 15) is 22.7 Å². The van der Waals surface area contributed by atoms with E-state index in [-0.39, 0.29) is 67.1 Å². The monoisotopic (exact) mass is 1020 g/mol. The lowest BCUT2D eigenvalue weighted by atomic mass is 9.92. The lowest BCUT2D eigenvalue weighted by molar-refractivity contribution is -0.151. The van der Waals surface area contributed by atoms with Crippen LogP contribution in [0.4, 0.5) is 4.39 Å². The number of methoxy groups -OCH3 is 1. The Labute approximate surface area is 427 Å². The molecule has 0 unspecified atom stereocenters. The largest absolute Gasteiger partial charge is 0.508 e. The van der Waals surface area contributed by atoms with Crippen molar-refractivity contribution in [2.75, 3.05) is 33.5 Å². The molecule has 0 aliphatic heterocycles. The van der Waals surface area contributed by atoms with Crippen LogP contribution >= 0.6 is 0 Å². The van der Waals surface area contributed by atoms with Crippen LogP contribution in [0.2, 0.25) is 0 Å². The number of furan rings is 1. The first-order valence-corrected chi connectivity index (χ1v) is 24.9. The van der Waals surface area contributed by atoms with Crippen molar-refractivity contribution in [1.82, 2.24) is 19.9 Å². The van der Waals surface area contributed by atoms with Crippen LogP contribution in [0.25, 0.3) is 44.9 Å². The molecule has 382 valence electrons. The van der Waals surface area contributed by atoms with E-state index in [0.29, 0.717) is 73.5 Å². The molecule has 0 aliphatic rings. The average molecular weight is 1030 g/mol. The van der Waals surface area contributed by atoms with Gasteiger partial charge in [0.25, 0.3) is 10.1 Å². The minimum absolute atomic E-state index is 0.000429. The van der Waals surface area contributed by atoms with E-state index in [1.54, 1.807) is 74.8 Å². The molecule has 0 saturated heterocycles. The van der Waals surface area contributed by atoms with Crippen LogP contribution in [-0.4, -0.2) is 85.2 Å². The topological polar surface area (TPSA) is 201 Å². The molecule has 16 nitrogen and oxygen atoms in total. The van der Waals surface area contributed by atoms with E-state index >= 15 is 0 Å². The summed E-state index contributed by atoms with van der Waals surface area (Å²) in [5, 5.41) is 11.0. The molecule has 0 amide bonds. The predicted octanol–water partition coefficient (Wildman–Crippen LogP) is 10.3. The van der Waals surface area contributed by atoms with Crippen molar-refractivity contribution in [1.29, 1.82) is 0 Å². The van der Waals surface area contributed by atoms with Crippen LogP contribution in [0, 0.1) is 26.6 Å². The van der Waals surface area contributed by atoms with Gasteiger partial charge in [0.05, 0.1) is 43.1 Å². The Kier molecular flexibility index (Phi) is 16.6. The molecule has 5 aromatic carbocycles. The summed E-state index contributed by atoms with van der Waals surface area (Å²) in [6.07, 6.45) is 2.03. The smallest absolute Gasteiger partial charge is 0.347 e. The number of para-hydroxylation sites is 1. The fourth-order valence-corrected chi connectivity index (χ4v) is 9.09. The summed E-state index contributed by atoms with van der Waals surface area (Å²) < 4.78 is 88.8. The molecule has 74 heavy (non-hydrogen) atoms. The van der Waals surface area contributed by atoms with Crippen LogP contribution < -0.4 is 18.9 Å². The predicted molar refractivity (Wildman–Crippen MR) is 273 cm³/mol. The highest BCUT2D eigenvalue weighted by atomic mass is 32.2. The fourth-order valence-electron chi connectivity index (χ4n) is 8.15. The molecule has 8 rings (SSSR count). The maximum atomic E-state index is 14.4. The normalized spacial score (nSPS) is 12.2. The Hall–Kier alpha value is -8.19. The summed E-state index contributed by atoms with van der Waals surface area (Å²) in [6.45, 7) is 10.7. The number of halogens is 1. The van der Waals surface area contributed by atoms with E-state index in [1.165, 1.54) is 42.7 Å². The molecule has 0 fully saturated rings. The van der Waals surface area contributed by atoms with Gasteiger partial charge < -0.3 is 37.9 Å². The maximum absolute atomic E-state index is 14.4. The Morgan fingerprint density at radius 3 is 2.35 bits per heavy atom. The van der Waals surface area contributed by atoms with Gasteiger partial charge in [-0.1, -0.05) is 35.9 Å². The Bertz CT molecular complexity index is 3360. The van der Waals surface area contributed by atoms with Crippen molar-refractivity contribution < 1.29 is 59.7 Å². The first-order chi connectivity index (χ1) is 35.7. The van der Waals surface area contributed by atoms with Crippen LogP contribution in [-0.2, 0) is 41.6 Å². The van der Waals surface area contributed by atoms with Crippen molar-refractivity contribution in [3.05, 3.63) is 168 Å². The van der Waals surface area contributed by atoms with Gasteiger partial charge in [0.2, 0.25) is 17.7 Å². The number of benzene rings is 5. The summed E-state index contributed by atoms with van der Waals surface area (Å²) in [6, 6.07) is 29.2. The second-order valence-corrected chi connectivity index (χ2v) is 18.6. The van der Waals surface area contributed by atoms with Crippen LogP contribution in [0.1, 0.15) is 34.9 Å². The zero-order chi connectivity index (χ0) is 52.4. The van der Waals surface area contributed by atoms with Gasteiger partial charge in [-0.3, -0.25) is 4.18 Å². The minimum Gasteiger partial charge on any atom is -0.508 e. The number of aromatic hydroxyl groups is 1. The van der Waals surface area contributed by atoms with Gasteiger partial charge in [-0.05, 0) is 129 Å². The number of hydrogen-bond acceptors (Lipinski definition) is 16. The number of aromatic nitrogens is 4. The number of fused-ring (bicyclic) bond motifs is 1. The molecule has 8 aromatic rings. The zero-order valence-corrected chi connectivity index (χ0v) is 42.1. The first kappa shape index (κ1) is 52.1. The van der Waals surface area contributed by atoms with Gasteiger partial charge in [0.15, 0.2) is 5.82 Å². The number of rotatable bonds is 23. The van der Waals surface area contributed by atoms with E-state index in [1.807, 2.05) is 45.0 Å². The maximum Gasteiger partial charge on any atom is 0.347 e. The van der Waals surface area contributed by atoms with Gasteiger partial charge in [-0.15, -0.1) is 6.58 Å². The summed E-state index contributed by atoms with van der Waals surface area (Å²) >= 11 is 0. The average Bonchev–Trinajstić information content (AvgIpc) is 3.77. The molecule has 0 spiro atoms. The van der Waals surface area contributed by atoms with Crippen LogP contribution in [0.15, 0.2) is 144 Å². The summed E-state index contributed by atoms with van der Waals surface area (Å²) in [5.41, 5.74) is 5.57. The highest BCUT2D eigenvalue weighted by Crippen LogP contribution is 2.47. The Balaban J connectivity index is 1.13. The summed E-state index contributed by atoms with van der Waals surface area (Å²) in [7, 11) is -2.57. The highest BCUT2D eigenvalue weighted by Gasteiger charge is 2.31. The van der Waals surface area contributed by atoms with E-state index in [4.69, 9.17) is 42.0 Å². The third-order valence-corrected chi connectivity index (χ3v) is 12.9. The number of nitrogens with zero attached hydrogens (tertiary/aromatic N) is 4. The molecule has 0 saturated carbocycles. The van der Waals surface area contributed by atoms with Crippen molar-refractivity contribution in [2.24, 2.45) is 0 Å². The van der Waals surface area contributed by atoms with Gasteiger partial charge in [-0.2, -0.15) is 8.42 Å². The van der Waals surface area contributed by atoms with Crippen molar-refractivity contribution in [3.8, 4) is 62.7 Å². The Morgan fingerprint density at radius 2 is 1.62 bits per heavy atom. The first-order valence-electron chi connectivity index (χ1n) is 23.4. The highest BCUT2D eigenvalue weighted by molar-refractivity contribution is 7.86. The quantitative estimate of drug-likeness (QED) is 0.0274. The molecular formula is C56H53FN4O12S. The van der Waals surface area contributed by atoms with Gasteiger partial charge in [0, 0.05) is 29.3 Å². The van der Waals surface area contributed by atoms with Crippen molar-refractivity contribution in [2.45, 2.75) is 57.8 Å². The molecule has 0 radical (unpaired) electrons. The number of hydrogen-bond donors (Lipinski definition) is 1. The molecule has 2 atom stereocenters. The van der Waals surface area contributed by atoms with Crippen molar-refractivity contribution >= 4 is 27.2 Å². The van der Waals surface area contributed by atoms with E-state index < -0.39 is 34.1 Å². The number of carbonyl (C=O) groups is 1. The van der Waals surface area contributed by atoms with Gasteiger partial charge >= 0.3 is 5.97 Å². The molecular weight excluding hydrogens is 972 g/mol. The standard InChI is InChI=1S/C56H53FN4O12S/c1-7-25-67-31-43(32-70-74(64,65)44-20-13-34(3)14-21-44)71-42-26-35(4)49(36(5)27-42)50-51-54(59-33-60-55(51)73-52(50)37-15-17-39(57)18-16-37)72-48(56(63)68-8-2)29-38-28-41(62)19-22-46(38)69-30-40-23-24-58-53(61-40)45-11-9-10-12-47(45)66-6/h7,9-24,26-28,33,43,48,62H,1,8,25,29-32H2,2-6H3/t43-,48-/m1/s1. The number of carbonyl (C=O) groups excluding carboxylic acids is 1. The molecule has 0 bridgehead atoms. The fraction of sp³-hybridized carbons (Fsp3) is 0.232. The van der Waals surface area contributed by atoms with Crippen LogP contribution in [0.3, 0.4) is 0 Å². The van der Waals surface area contributed by atoms with Crippen molar-refractivity contribution in [3.63, 3.8) is 0 Å².